The van der Waals surface area contributed by atoms with E-state index < -0.39 is 17.2 Å². The standard InChI is InChI=1S/C18H23ClN4O3S/c1-5-20-17(26)22-15(24)11(4)27-18-21-14-7-6-12(19)8-13(14)16(25)23(18)9-10(2)3/h6-8,10-11H,5,9H2,1-4H3,(H2,20,22,24,26). The highest BCUT2D eigenvalue weighted by atomic mass is 35.5. The van der Waals surface area contributed by atoms with E-state index >= 15 is 0 Å². The number of hydrogen-bond acceptors (Lipinski definition) is 5. The predicted octanol–water partition coefficient (Wildman–Crippen LogP) is 3.03. The van der Waals surface area contributed by atoms with Crippen molar-refractivity contribution in [1.82, 2.24) is 20.2 Å². The second-order valence-corrected chi connectivity index (χ2v) is 8.22. The van der Waals surface area contributed by atoms with Crippen molar-refractivity contribution in [2.75, 3.05) is 6.54 Å². The molecule has 0 radical (unpaired) electrons. The van der Waals surface area contributed by atoms with Crippen LogP contribution in [0.5, 0.6) is 0 Å². The lowest BCUT2D eigenvalue weighted by Gasteiger charge is -2.17. The van der Waals surface area contributed by atoms with Gasteiger partial charge in [-0.05, 0) is 38.0 Å². The number of rotatable bonds is 6. The Hall–Kier alpha value is -2.06. The van der Waals surface area contributed by atoms with Crippen molar-refractivity contribution >= 4 is 46.2 Å². The summed E-state index contributed by atoms with van der Waals surface area (Å²) >= 11 is 7.16. The first-order valence-corrected chi connectivity index (χ1v) is 9.94. The van der Waals surface area contributed by atoms with Gasteiger partial charge >= 0.3 is 6.03 Å². The van der Waals surface area contributed by atoms with Crippen molar-refractivity contribution in [2.24, 2.45) is 5.92 Å². The summed E-state index contributed by atoms with van der Waals surface area (Å²) in [5.74, 6) is -0.243. The summed E-state index contributed by atoms with van der Waals surface area (Å²) in [5.41, 5.74) is 0.318. The van der Waals surface area contributed by atoms with Gasteiger partial charge in [-0.2, -0.15) is 0 Å². The summed E-state index contributed by atoms with van der Waals surface area (Å²) in [4.78, 5) is 41.3. The summed E-state index contributed by atoms with van der Waals surface area (Å²) in [6.07, 6.45) is 0. The number of thioether (sulfide) groups is 1. The van der Waals surface area contributed by atoms with E-state index in [1.165, 1.54) is 0 Å². The first kappa shape index (κ1) is 21.2. The van der Waals surface area contributed by atoms with Crippen molar-refractivity contribution in [3.8, 4) is 0 Å². The Kier molecular flexibility index (Phi) is 7.26. The Morgan fingerprint density at radius 1 is 1.30 bits per heavy atom. The zero-order chi connectivity index (χ0) is 20.1. The van der Waals surface area contributed by atoms with Gasteiger partial charge in [-0.3, -0.25) is 19.5 Å². The molecule has 0 aliphatic heterocycles. The highest BCUT2D eigenvalue weighted by molar-refractivity contribution is 8.00. The zero-order valence-corrected chi connectivity index (χ0v) is 17.3. The number of amides is 3. The van der Waals surface area contributed by atoms with Crippen LogP contribution >= 0.6 is 23.4 Å². The number of fused-ring (bicyclic) bond motifs is 1. The first-order valence-electron chi connectivity index (χ1n) is 8.68. The van der Waals surface area contributed by atoms with E-state index in [0.717, 1.165) is 11.8 Å². The molecule has 1 atom stereocenters. The van der Waals surface area contributed by atoms with Gasteiger partial charge < -0.3 is 5.32 Å². The van der Waals surface area contributed by atoms with Crippen molar-refractivity contribution in [1.29, 1.82) is 0 Å². The number of imide groups is 1. The number of halogens is 1. The molecule has 146 valence electrons. The van der Waals surface area contributed by atoms with Crippen molar-refractivity contribution in [2.45, 2.75) is 44.6 Å². The fourth-order valence-corrected chi connectivity index (χ4v) is 3.51. The van der Waals surface area contributed by atoms with Crippen molar-refractivity contribution < 1.29 is 9.59 Å². The minimum atomic E-state index is -0.609. The van der Waals surface area contributed by atoms with Crippen LogP contribution in [0.1, 0.15) is 27.7 Å². The van der Waals surface area contributed by atoms with E-state index in [1.54, 1.807) is 36.6 Å². The molecule has 0 bridgehead atoms. The molecule has 2 rings (SSSR count). The number of aromatic nitrogens is 2. The molecule has 9 heteroatoms. The number of hydrogen-bond donors (Lipinski definition) is 2. The van der Waals surface area contributed by atoms with Crippen LogP contribution in [-0.2, 0) is 11.3 Å². The molecule has 3 amide bonds. The lowest BCUT2D eigenvalue weighted by molar-refractivity contribution is -0.119. The van der Waals surface area contributed by atoms with E-state index in [4.69, 9.17) is 11.6 Å². The second-order valence-electron chi connectivity index (χ2n) is 6.47. The van der Waals surface area contributed by atoms with Crippen LogP contribution in [0.15, 0.2) is 28.2 Å². The smallest absolute Gasteiger partial charge is 0.321 e. The number of carbonyl (C=O) groups is 2. The molecule has 0 aliphatic carbocycles. The Labute approximate surface area is 166 Å². The normalized spacial score (nSPS) is 12.2. The molecule has 0 saturated carbocycles. The number of benzene rings is 1. The van der Waals surface area contributed by atoms with Gasteiger partial charge in [-0.25, -0.2) is 9.78 Å². The largest absolute Gasteiger partial charge is 0.338 e. The van der Waals surface area contributed by atoms with E-state index in [1.807, 2.05) is 13.8 Å². The summed E-state index contributed by atoms with van der Waals surface area (Å²) < 4.78 is 1.56. The van der Waals surface area contributed by atoms with Crippen LogP contribution in [0.25, 0.3) is 10.9 Å². The SMILES string of the molecule is CCNC(=O)NC(=O)C(C)Sc1nc2ccc(Cl)cc2c(=O)n1CC(C)C. The predicted molar refractivity (Wildman–Crippen MR) is 108 cm³/mol. The maximum absolute atomic E-state index is 12.9. The van der Waals surface area contributed by atoms with Gasteiger partial charge in [0.1, 0.15) is 0 Å². The molecule has 0 aliphatic rings. The molecule has 27 heavy (non-hydrogen) atoms. The van der Waals surface area contributed by atoms with Crippen LogP contribution < -0.4 is 16.2 Å². The molecular formula is C18H23ClN4O3S. The molecule has 0 spiro atoms. The minimum Gasteiger partial charge on any atom is -0.338 e. The summed E-state index contributed by atoms with van der Waals surface area (Å²) in [6, 6.07) is 4.41. The topological polar surface area (TPSA) is 93.1 Å². The molecule has 7 nitrogen and oxygen atoms in total. The fourth-order valence-electron chi connectivity index (χ4n) is 2.42. The van der Waals surface area contributed by atoms with E-state index in [0.29, 0.717) is 34.2 Å². The van der Waals surface area contributed by atoms with Crippen LogP contribution in [0.2, 0.25) is 5.02 Å². The number of nitrogens with one attached hydrogen (secondary N) is 2. The van der Waals surface area contributed by atoms with Gasteiger partial charge in [-0.15, -0.1) is 0 Å². The molecule has 1 heterocycles. The molecule has 2 aromatic rings. The minimum absolute atomic E-state index is 0.199. The lowest BCUT2D eigenvalue weighted by atomic mass is 10.2. The third-order valence-corrected chi connectivity index (χ3v) is 4.98. The molecule has 1 aromatic heterocycles. The van der Waals surface area contributed by atoms with E-state index in [9.17, 15) is 14.4 Å². The van der Waals surface area contributed by atoms with Gasteiger partial charge in [0.2, 0.25) is 5.91 Å². The fraction of sp³-hybridized carbons (Fsp3) is 0.444. The average Bonchev–Trinajstić information content (AvgIpc) is 2.58. The molecule has 0 saturated heterocycles. The van der Waals surface area contributed by atoms with Crippen LogP contribution in [0.4, 0.5) is 4.79 Å². The third-order valence-electron chi connectivity index (χ3n) is 3.65. The quantitative estimate of drug-likeness (QED) is 0.564. The Morgan fingerprint density at radius 2 is 2.00 bits per heavy atom. The third kappa shape index (κ3) is 5.46. The van der Waals surface area contributed by atoms with Gasteiger partial charge in [0.25, 0.3) is 5.56 Å². The summed E-state index contributed by atoms with van der Waals surface area (Å²) in [5, 5.41) is 5.51. The number of carbonyl (C=O) groups excluding carboxylic acids is 2. The molecule has 0 fully saturated rings. The average molecular weight is 411 g/mol. The number of nitrogens with zero attached hydrogens (tertiary/aromatic N) is 2. The second kappa shape index (κ2) is 9.23. The van der Waals surface area contributed by atoms with Crippen LogP contribution in [0.3, 0.4) is 0 Å². The zero-order valence-electron chi connectivity index (χ0n) is 15.7. The van der Waals surface area contributed by atoms with E-state index in [-0.39, 0.29) is 11.5 Å². The highest BCUT2D eigenvalue weighted by Crippen LogP contribution is 2.24. The molecular weight excluding hydrogens is 388 g/mol. The number of urea groups is 1. The Morgan fingerprint density at radius 3 is 2.63 bits per heavy atom. The molecule has 2 N–H and O–H groups in total. The monoisotopic (exact) mass is 410 g/mol. The van der Waals surface area contributed by atoms with Gasteiger partial charge in [0.05, 0.1) is 16.2 Å². The maximum Gasteiger partial charge on any atom is 0.321 e. The van der Waals surface area contributed by atoms with E-state index in [2.05, 4.69) is 15.6 Å². The first-order chi connectivity index (χ1) is 12.7. The van der Waals surface area contributed by atoms with Gasteiger partial charge in [0.15, 0.2) is 5.16 Å². The lowest BCUT2D eigenvalue weighted by Crippen LogP contribution is -2.42. The van der Waals surface area contributed by atoms with Crippen molar-refractivity contribution in [3.05, 3.63) is 33.6 Å². The summed E-state index contributed by atoms with van der Waals surface area (Å²) in [7, 11) is 0. The van der Waals surface area contributed by atoms with Gasteiger partial charge in [-0.1, -0.05) is 37.2 Å². The van der Waals surface area contributed by atoms with Gasteiger partial charge in [0, 0.05) is 18.1 Å². The van der Waals surface area contributed by atoms with Crippen molar-refractivity contribution in [3.63, 3.8) is 0 Å². The van der Waals surface area contributed by atoms with Crippen LogP contribution in [0, 0.1) is 5.92 Å². The summed E-state index contributed by atoms with van der Waals surface area (Å²) in [6.45, 7) is 8.29. The highest BCUT2D eigenvalue weighted by Gasteiger charge is 2.21. The molecule has 1 unspecified atom stereocenters. The van der Waals surface area contributed by atoms with Crippen LogP contribution in [-0.4, -0.2) is 33.3 Å². The Bertz CT molecular complexity index is 913. The molecule has 1 aromatic carbocycles. The Balaban J connectivity index is 2.38. The maximum atomic E-state index is 12.9.